The van der Waals surface area contributed by atoms with E-state index in [2.05, 4.69) is 11.8 Å². The van der Waals surface area contributed by atoms with Gasteiger partial charge in [0.15, 0.2) is 0 Å². The van der Waals surface area contributed by atoms with E-state index in [1.807, 2.05) is 24.3 Å². The summed E-state index contributed by atoms with van der Waals surface area (Å²) in [5.41, 5.74) is 5.99. The second kappa shape index (κ2) is 8.62. The quantitative estimate of drug-likeness (QED) is 0.780. The zero-order valence-electron chi connectivity index (χ0n) is 12.9. The van der Waals surface area contributed by atoms with Gasteiger partial charge in [-0.15, -0.1) is 0 Å². The number of nitrogens with zero attached hydrogens (tertiary/aromatic N) is 1. The van der Waals surface area contributed by atoms with Crippen molar-refractivity contribution in [2.75, 3.05) is 19.7 Å². The molecule has 0 amide bonds. The third-order valence-corrected chi connectivity index (χ3v) is 4.59. The number of ether oxygens (including phenoxy) is 1. The van der Waals surface area contributed by atoms with Gasteiger partial charge < -0.3 is 15.4 Å². The molecule has 0 spiro atoms. The molecular formula is C17H27ClN2O. The molecule has 118 valence electrons. The molecule has 0 radical (unpaired) electrons. The minimum atomic E-state index is 0.424. The molecular weight excluding hydrogens is 284 g/mol. The molecule has 0 aromatic heterocycles. The van der Waals surface area contributed by atoms with E-state index < -0.39 is 0 Å². The lowest BCUT2D eigenvalue weighted by Crippen LogP contribution is -2.41. The highest BCUT2D eigenvalue weighted by molar-refractivity contribution is 6.30. The Balaban J connectivity index is 1.67. The third kappa shape index (κ3) is 5.50. The molecule has 1 aromatic rings. The van der Waals surface area contributed by atoms with Gasteiger partial charge in [0.1, 0.15) is 5.75 Å². The van der Waals surface area contributed by atoms with Gasteiger partial charge in [0.2, 0.25) is 0 Å². The van der Waals surface area contributed by atoms with Crippen molar-refractivity contribution in [3.05, 3.63) is 29.3 Å². The maximum Gasteiger partial charge on any atom is 0.119 e. The maximum atomic E-state index is 5.99. The maximum absolute atomic E-state index is 5.99. The number of hydrogen-bond donors (Lipinski definition) is 1. The summed E-state index contributed by atoms with van der Waals surface area (Å²) in [6, 6.07) is 8.70. The summed E-state index contributed by atoms with van der Waals surface area (Å²) in [6.45, 7) is 5.21. The van der Waals surface area contributed by atoms with E-state index >= 15 is 0 Å². The second-order valence-corrected chi connectivity index (χ2v) is 6.29. The lowest BCUT2D eigenvalue weighted by Gasteiger charge is -2.35. The van der Waals surface area contributed by atoms with Gasteiger partial charge >= 0.3 is 0 Å². The van der Waals surface area contributed by atoms with E-state index in [0.29, 0.717) is 12.1 Å². The van der Waals surface area contributed by atoms with Gasteiger partial charge in [-0.3, -0.25) is 0 Å². The van der Waals surface area contributed by atoms with Crippen LogP contribution in [-0.2, 0) is 0 Å². The lowest BCUT2D eigenvalue weighted by molar-refractivity contribution is 0.146. The van der Waals surface area contributed by atoms with Crippen LogP contribution in [0.15, 0.2) is 24.3 Å². The van der Waals surface area contributed by atoms with Crippen LogP contribution >= 0.6 is 11.6 Å². The van der Waals surface area contributed by atoms with Gasteiger partial charge in [-0.1, -0.05) is 18.5 Å². The molecule has 0 bridgehead atoms. The molecule has 2 N–H and O–H groups in total. The molecule has 1 aromatic carbocycles. The Bertz CT molecular complexity index is 402. The van der Waals surface area contributed by atoms with Crippen LogP contribution in [0.5, 0.6) is 5.75 Å². The molecule has 1 aliphatic rings. The normalized spacial score (nSPS) is 22.5. The second-order valence-electron chi connectivity index (χ2n) is 5.85. The minimum absolute atomic E-state index is 0.424. The summed E-state index contributed by atoms with van der Waals surface area (Å²) in [6.07, 6.45) is 5.88. The van der Waals surface area contributed by atoms with Crippen molar-refractivity contribution in [2.45, 2.75) is 51.1 Å². The van der Waals surface area contributed by atoms with Crippen LogP contribution in [0.4, 0.5) is 0 Å². The highest BCUT2D eigenvalue weighted by atomic mass is 35.5. The molecule has 0 aliphatic heterocycles. The van der Waals surface area contributed by atoms with Crippen molar-refractivity contribution in [1.29, 1.82) is 0 Å². The number of hydrogen-bond acceptors (Lipinski definition) is 3. The Labute approximate surface area is 133 Å². The van der Waals surface area contributed by atoms with E-state index in [4.69, 9.17) is 22.1 Å². The minimum Gasteiger partial charge on any atom is -0.494 e. The van der Waals surface area contributed by atoms with Crippen molar-refractivity contribution in [2.24, 2.45) is 5.73 Å². The highest BCUT2D eigenvalue weighted by Crippen LogP contribution is 2.22. The molecule has 0 saturated heterocycles. The SMILES string of the molecule is CCN(CCCOc1ccc(Cl)cc1)C1CCC(N)CC1. The third-order valence-electron chi connectivity index (χ3n) is 4.34. The van der Waals surface area contributed by atoms with E-state index in [1.54, 1.807) is 0 Å². The van der Waals surface area contributed by atoms with Gasteiger partial charge in [-0.05, 0) is 62.9 Å². The van der Waals surface area contributed by atoms with Gasteiger partial charge in [0.05, 0.1) is 6.61 Å². The van der Waals surface area contributed by atoms with Crippen LogP contribution in [0.1, 0.15) is 39.0 Å². The monoisotopic (exact) mass is 310 g/mol. The Morgan fingerprint density at radius 3 is 2.48 bits per heavy atom. The molecule has 4 heteroatoms. The summed E-state index contributed by atoms with van der Waals surface area (Å²) in [5, 5.41) is 0.745. The largest absolute Gasteiger partial charge is 0.494 e. The first-order valence-corrected chi connectivity index (χ1v) is 8.45. The van der Waals surface area contributed by atoms with E-state index in [-0.39, 0.29) is 0 Å². The van der Waals surface area contributed by atoms with Gasteiger partial charge in [-0.25, -0.2) is 0 Å². The van der Waals surface area contributed by atoms with Crippen LogP contribution in [0.2, 0.25) is 5.02 Å². The number of benzene rings is 1. The van der Waals surface area contributed by atoms with Crippen LogP contribution in [-0.4, -0.2) is 36.7 Å². The fourth-order valence-corrected chi connectivity index (χ4v) is 3.18. The van der Waals surface area contributed by atoms with E-state index in [0.717, 1.165) is 36.9 Å². The summed E-state index contributed by atoms with van der Waals surface area (Å²) >= 11 is 5.86. The zero-order valence-corrected chi connectivity index (χ0v) is 13.7. The summed E-state index contributed by atoms with van der Waals surface area (Å²) in [5.74, 6) is 0.895. The van der Waals surface area contributed by atoms with Gasteiger partial charge in [0, 0.05) is 23.7 Å². The first kappa shape index (κ1) is 16.6. The van der Waals surface area contributed by atoms with E-state index in [9.17, 15) is 0 Å². The van der Waals surface area contributed by atoms with Crippen molar-refractivity contribution >= 4 is 11.6 Å². The standard InChI is InChI=1S/C17H27ClN2O/c1-2-20(16-8-6-15(19)7-9-16)12-3-13-21-17-10-4-14(18)5-11-17/h4-5,10-11,15-16H,2-3,6-9,12-13,19H2,1H3. The first-order chi connectivity index (χ1) is 10.2. The van der Waals surface area contributed by atoms with Crippen molar-refractivity contribution in [1.82, 2.24) is 4.90 Å². The van der Waals surface area contributed by atoms with Crippen LogP contribution in [0.25, 0.3) is 0 Å². The molecule has 1 saturated carbocycles. The number of rotatable bonds is 7. The van der Waals surface area contributed by atoms with Gasteiger partial charge in [0.25, 0.3) is 0 Å². The molecule has 21 heavy (non-hydrogen) atoms. The number of nitrogens with two attached hydrogens (primary N) is 1. The average molecular weight is 311 g/mol. The van der Waals surface area contributed by atoms with Crippen molar-refractivity contribution in [3.63, 3.8) is 0 Å². The van der Waals surface area contributed by atoms with Crippen LogP contribution < -0.4 is 10.5 Å². The van der Waals surface area contributed by atoms with Gasteiger partial charge in [-0.2, -0.15) is 0 Å². The van der Waals surface area contributed by atoms with Crippen LogP contribution in [0.3, 0.4) is 0 Å². The lowest BCUT2D eigenvalue weighted by atomic mass is 9.90. The molecule has 0 atom stereocenters. The molecule has 1 aliphatic carbocycles. The topological polar surface area (TPSA) is 38.5 Å². The molecule has 3 nitrogen and oxygen atoms in total. The predicted octanol–water partition coefficient (Wildman–Crippen LogP) is 3.70. The number of halogens is 1. The van der Waals surface area contributed by atoms with Crippen molar-refractivity contribution < 1.29 is 4.74 Å². The Hall–Kier alpha value is -0.770. The fourth-order valence-electron chi connectivity index (χ4n) is 3.05. The summed E-state index contributed by atoms with van der Waals surface area (Å²) in [7, 11) is 0. The Morgan fingerprint density at radius 2 is 1.86 bits per heavy atom. The summed E-state index contributed by atoms with van der Waals surface area (Å²) in [4.78, 5) is 2.58. The average Bonchev–Trinajstić information content (AvgIpc) is 2.50. The first-order valence-electron chi connectivity index (χ1n) is 8.07. The summed E-state index contributed by atoms with van der Waals surface area (Å²) < 4.78 is 5.75. The van der Waals surface area contributed by atoms with Crippen LogP contribution in [0, 0.1) is 0 Å². The molecule has 0 heterocycles. The van der Waals surface area contributed by atoms with Crippen molar-refractivity contribution in [3.8, 4) is 5.75 Å². The molecule has 0 unspecified atom stereocenters. The zero-order chi connectivity index (χ0) is 15.1. The fraction of sp³-hybridized carbons (Fsp3) is 0.647. The Kier molecular flexibility index (Phi) is 6.81. The molecule has 1 fully saturated rings. The highest BCUT2D eigenvalue weighted by Gasteiger charge is 2.22. The van der Waals surface area contributed by atoms with E-state index in [1.165, 1.54) is 25.7 Å². The molecule has 2 rings (SSSR count). The smallest absolute Gasteiger partial charge is 0.119 e. The Morgan fingerprint density at radius 1 is 1.19 bits per heavy atom. The predicted molar refractivity (Wildman–Crippen MR) is 89.0 cm³/mol.